The molecule has 0 unspecified atom stereocenters. The standard InChI is InChI=1S/C9H15BrN2O/c1-6-7(10)11-12(8(6)13-5)9(2,3)4/h1-5H3. The van der Waals surface area contributed by atoms with Crippen molar-refractivity contribution in [2.45, 2.75) is 33.2 Å². The number of nitrogens with zero attached hydrogens (tertiary/aromatic N) is 2. The van der Waals surface area contributed by atoms with Crippen LogP contribution in [0.2, 0.25) is 0 Å². The molecule has 0 aliphatic heterocycles. The van der Waals surface area contributed by atoms with Crippen molar-refractivity contribution in [1.29, 1.82) is 0 Å². The third-order valence-electron chi connectivity index (χ3n) is 1.84. The fourth-order valence-corrected chi connectivity index (χ4v) is 1.48. The van der Waals surface area contributed by atoms with Crippen LogP contribution in [0.1, 0.15) is 26.3 Å². The highest BCUT2D eigenvalue weighted by Gasteiger charge is 2.22. The van der Waals surface area contributed by atoms with Crippen molar-refractivity contribution < 1.29 is 4.74 Å². The molecule has 0 amide bonds. The largest absolute Gasteiger partial charge is 0.481 e. The predicted octanol–water partition coefficient (Wildman–Crippen LogP) is 2.72. The normalized spacial score (nSPS) is 11.8. The van der Waals surface area contributed by atoms with Crippen LogP contribution in [0.15, 0.2) is 4.60 Å². The molecule has 0 N–H and O–H groups in total. The number of methoxy groups -OCH3 is 1. The van der Waals surface area contributed by atoms with E-state index >= 15 is 0 Å². The van der Waals surface area contributed by atoms with E-state index in [1.807, 2.05) is 11.6 Å². The minimum Gasteiger partial charge on any atom is -0.481 e. The Bertz CT molecular complexity index is 312. The second kappa shape index (κ2) is 3.33. The molecule has 3 nitrogen and oxygen atoms in total. The molecular weight excluding hydrogens is 232 g/mol. The van der Waals surface area contributed by atoms with Gasteiger partial charge in [0, 0.05) is 5.56 Å². The molecule has 0 fully saturated rings. The van der Waals surface area contributed by atoms with Gasteiger partial charge in [0.2, 0.25) is 5.88 Å². The summed E-state index contributed by atoms with van der Waals surface area (Å²) in [6.07, 6.45) is 0. The zero-order valence-corrected chi connectivity index (χ0v) is 10.3. The summed E-state index contributed by atoms with van der Waals surface area (Å²) in [5.41, 5.74) is 0.986. The molecule has 1 rings (SSSR count). The molecule has 0 radical (unpaired) electrons. The molecule has 0 spiro atoms. The van der Waals surface area contributed by atoms with Crippen molar-refractivity contribution in [1.82, 2.24) is 9.78 Å². The highest BCUT2D eigenvalue weighted by atomic mass is 79.9. The topological polar surface area (TPSA) is 27.1 Å². The smallest absolute Gasteiger partial charge is 0.216 e. The van der Waals surface area contributed by atoms with Crippen molar-refractivity contribution in [2.75, 3.05) is 7.11 Å². The summed E-state index contributed by atoms with van der Waals surface area (Å²) in [6, 6.07) is 0. The Balaban J connectivity index is 3.30. The van der Waals surface area contributed by atoms with Crippen LogP contribution in [0, 0.1) is 6.92 Å². The third-order valence-corrected chi connectivity index (χ3v) is 2.59. The fourth-order valence-electron chi connectivity index (χ4n) is 1.15. The number of hydrogen-bond acceptors (Lipinski definition) is 2. The molecular formula is C9H15BrN2O. The van der Waals surface area contributed by atoms with E-state index in [1.165, 1.54) is 0 Å². The highest BCUT2D eigenvalue weighted by Crippen LogP contribution is 2.30. The SMILES string of the molecule is COc1c(C)c(Br)nn1C(C)(C)C. The van der Waals surface area contributed by atoms with E-state index in [-0.39, 0.29) is 5.54 Å². The van der Waals surface area contributed by atoms with Gasteiger partial charge in [0.25, 0.3) is 0 Å². The molecule has 4 heteroatoms. The van der Waals surface area contributed by atoms with Gasteiger partial charge in [-0.3, -0.25) is 0 Å². The van der Waals surface area contributed by atoms with Crippen LogP contribution >= 0.6 is 15.9 Å². The van der Waals surface area contributed by atoms with Crippen LogP contribution in [0.25, 0.3) is 0 Å². The molecule has 0 atom stereocenters. The first-order chi connectivity index (χ1) is 5.88. The molecule has 13 heavy (non-hydrogen) atoms. The first-order valence-corrected chi connectivity index (χ1v) is 4.97. The molecule has 0 aliphatic carbocycles. The number of aromatic nitrogens is 2. The number of rotatable bonds is 1. The molecule has 0 saturated carbocycles. The first-order valence-electron chi connectivity index (χ1n) is 4.17. The lowest BCUT2D eigenvalue weighted by Gasteiger charge is -2.21. The van der Waals surface area contributed by atoms with Gasteiger partial charge in [-0.2, -0.15) is 5.10 Å². The third kappa shape index (κ3) is 1.88. The fraction of sp³-hybridized carbons (Fsp3) is 0.667. The molecule has 1 aromatic rings. The van der Waals surface area contributed by atoms with Crippen LogP contribution in [0.3, 0.4) is 0 Å². The first kappa shape index (κ1) is 10.6. The maximum atomic E-state index is 5.29. The lowest BCUT2D eigenvalue weighted by molar-refractivity contribution is 0.281. The Morgan fingerprint density at radius 3 is 2.23 bits per heavy atom. The van der Waals surface area contributed by atoms with E-state index in [2.05, 4.69) is 41.8 Å². The Morgan fingerprint density at radius 2 is 1.92 bits per heavy atom. The number of ether oxygens (including phenoxy) is 1. The van der Waals surface area contributed by atoms with Gasteiger partial charge in [0.05, 0.1) is 12.6 Å². The van der Waals surface area contributed by atoms with E-state index < -0.39 is 0 Å². The summed E-state index contributed by atoms with van der Waals surface area (Å²) in [7, 11) is 1.67. The quantitative estimate of drug-likeness (QED) is 0.762. The Hall–Kier alpha value is -0.510. The summed E-state index contributed by atoms with van der Waals surface area (Å²) >= 11 is 3.39. The van der Waals surface area contributed by atoms with E-state index in [1.54, 1.807) is 7.11 Å². The Labute approximate surface area is 87.2 Å². The van der Waals surface area contributed by atoms with Crippen LogP contribution in [-0.4, -0.2) is 16.9 Å². The molecule has 0 saturated heterocycles. The number of halogens is 1. The lowest BCUT2D eigenvalue weighted by atomic mass is 10.1. The van der Waals surface area contributed by atoms with Crippen LogP contribution in [-0.2, 0) is 5.54 Å². The van der Waals surface area contributed by atoms with Gasteiger partial charge in [-0.15, -0.1) is 0 Å². The van der Waals surface area contributed by atoms with E-state index in [4.69, 9.17) is 4.74 Å². The Morgan fingerprint density at radius 1 is 1.38 bits per heavy atom. The summed E-state index contributed by atoms with van der Waals surface area (Å²) in [6.45, 7) is 8.26. The maximum absolute atomic E-state index is 5.29. The molecule has 0 aromatic carbocycles. The highest BCUT2D eigenvalue weighted by molar-refractivity contribution is 9.10. The van der Waals surface area contributed by atoms with Gasteiger partial charge in [0.1, 0.15) is 4.60 Å². The van der Waals surface area contributed by atoms with Gasteiger partial charge < -0.3 is 4.74 Å². The second-order valence-corrected chi connectivity index (χ2v) is 4.76. The van der Waals surface area contributed by atoms with E-state index in [0.29, 0.717) is 0 Å². The van der Waals surface area contributed by atoms with Crippen LogP contribution < -0.4 is 4.74 Å². The van der Waals surface area contributed by atoms with Crippen molar-refractivity contribution in [3.8, 4) is 5.88 Å². The average molecular weight is 247 g/mol. The minimum atomic E-state index is -0.0534. The molecule has 0 bridgehead atoms. The monoisotopic (exact) mass is 246 g/mol. The summed E-state index contributed by atoms with van der Waals surface area (Å²) in [4.78, 5) is 0. The van der Waals surface area contributed by atoms with Gasteiger partial charge in [-0.25, -0.2) is 4.68 Å². The summed E-state index contributed by atoms with van der Waals surface area (Å²) in [5, 5.41) is 4.36. The lowest BCUT2D eigenvalue weighted by Crippen LogP contribution is -2.23. The van der Waals surface area contributed by atoms with Gasteiger partial charge in [-0.05, 0) is 43.6 Å². The van der Waals surface area contributed by atoms with Crippen LogP contribution in [0.5, 0.6) is 5.88 Å². The van der Waals surface area contributed by atoms with Gasteiger partial charge in [0.15, 0.2) is 0 Å². The van der Waals surface area contributed by atoms with Crippen LogP contribution in [0.4, 0.5) is 0 Å². The average Bonchev–Trinajstić information content (AvgIpc) is 2.28. The molecule has 74 valence electrons. The second-order valence-electron chi connectivity index (χ2n) is 4.01. The van der Waals surface area contributed by atoms with Gasteiger partial charge in [-0.1, -0.05) is 0 Å². The summed E-state index contributed by atoms with van der Waals surface area (Å²) in [5.74, 6) is 0.819. The van der Waals surface area contributed by atoms with Crippen molar-refractivity contribution in [2.24, 2.45) is 0 Å². The van der Waals surface area contributed by atoms with Crippen molar-refractivity contribution in [3.05, 3.63) is 10.2 Å². The molecule has 1 aromatic heterocycles. The summed E-state index contributed by atoms with van der Waals surface area (Å²) < 4.78 is 8.02. The molecule has 1 heterocycles. The minimum absolute atomic E-state index is 0.0534. The van der Waals surface area contributed by atoms with Crippen molar-refractivity contribution in [3.63, 3.8) is 0 Å². The van der Waals surface area contributed by atoms with E-state index in [9.17, 15) is 0 Å². The Kier molecular flexibility index (Phi) is 2.71. The van der Waals surface area contributed by atoms with Gasteiger partial charge >= 0.3 is 0 Å². The number of hydrogen-bond donors (Lipinski definition) is 0. The molecule has 0 aliphatic rings. The maximum Gasteiger partial charge on any atom is 0.216 e. The predicted molar refractivity (Wildman–Crippen MR) is 56.2 cm³/mol. The zero-order chi connectivity index (χ0) is 10.2. The van der Waals surface area contributed by atoms with Crippen molar-refractivity contribution >= 4 is 15.9 Å². The van der Waals surface area contributed by atoms with E-state index in [0.717, 1.165) is 16.0 Å². The zero-order valence-electron chi connectivity index (χ0n) is 8.68.